The molecule has 1 fully saturated rings. The number of amides is 2. The molecule has 0 aromatic rings. The van der Waals surface area contributed by atoms with Gasteiger partial charge in [0.05, 0.1) is 6.42 Å². The van der Waals surface area contributed by atoms with E-state index in [0.717, 1.165) is 12.8 Å². The van der Waals surface area contributed by atoms with Crippen LogP contribution < -0.4 is 5.32 Å². The van der Waals surface area contributed by atoms with E-state index in [1.807, 2.05) is 0 Å². The Hall–Kier alpha value is -1.59. The van der Waals surface area contributed by atoms with E-state index < -0.39 is 12.0 Å². The van der Waals surface area contributed by atoms with Crippen molar-refractivity contribution in [1.29, 1.82) is 0 Å². The van der Waals surface area contributed by atoms with Gasteiger partial charge in [0, 0.05) is 20.0 Å². The minimum absolute atomic E-state index is 0.0885. The number of carbonyl (C=O) groups is 3. The SMILES string of the molecule is CC(NC(=O)CC1CCCCC1)C(=O)N(C)CCC(=O)O. The first-order valence-electron chi connectivity index (χ1n) is 7.66. The van der Waals surface area contributed by atoms with Crippen LogP contribution in [0.3, 0.4) is 0 Å². The van der Waals surface area contributed by atoms with Gasteiger partial charge in [-0.2, -0.15) is 0 Å². The van der Waals surface area contributed by atoms with Crippen LogP contribution in [0.4, 0.5) is 0 Å². The Morgan fingerprint density at radius 2 is 1.86 bits per heavy atom. The van der Waals surface area contributed by atoms with Crippen LogP contribution in [0, 0.1) is 5.92 Å². The molecule has 0 radical (unpaired) electrons. The maximum Gasteiger partial charge on any atom is 0.305 e. The fourth-order valence-corrected chi connectivity index (χ4v) is 2.72. The van der Waals surface area contributed by atoms with Gasteiger partial charge in [-0.15, -0.1) is 0 Å². The van der Waals surface area contributed by atoms with Crippen LogP contribution in [0.2, 0.25) is 0 Å². The van der Waals surface area contributed by atoms with Crippen LogP contribution in [0.5, 0.6) is 0 Å². The molecule has 0 heterocycles. The topological polar surface area (TPSA) is 86.7 Å². The van der Waals surface area contributed by atoms with Crippen LogP contribution >= 0.6 is 0 Å². The van der Waals surface area contributed by atoms with Gasteiger partial charge in [0.2, 0.25) is 11.8 Å². The summed E-state index contributed by atoms with van der Waals surface area (Å²) in [5, 5.41) is 11.3. The zero-order valence-corrected chi connectivity index (χ0v) is 12.9. The molecule has 21 heavy (non-hydrogen) atoms. The summed E-state index contributed by atoms with van der Waals surface area (Å²) in [6.07, 6.45) is 6.19. The molecule has 2 N–H and O–H groups in total. The van der Waals surface area contributed by atoms with Crippen molar-refractivity contribution in [2.75, 3.05) is 13.6 Å². The molecule has 6 heteroatoms. The van der Waals surface area contributed by atoms with Gasteiger partial charge in [0.1, 0.15) is 6.04 Å². The van der Waals surface area contributed by atoms with E-state index in [9.17, 15) is 14.4 Å². The van der Waals surface area contributed by atoms with E-state index in [4.69, 9.17) is 5.11 Å². The van der Waals surface area contributed by atoms with Crippen molar-refractivity contribution in [2.24, 2.45) is 5.92 Å². The summed E-state index contributed by atoms with van der Waals surface area (Å²) >= 11 is 0. The predicted octanol–water partition coefficient (Wildman–Crippen LogP) is 1.39. The van der Waals surface area contributed by atoms with Crippen LogP contribution in [0.15, 0.2) is 0 Å². The Morgan fingerprint density at radius 1 is 1.24 bits per heavy atom. The van der Waals surface area contributed by atoms with Gasteiger partial charge >= 0.3 is 5.97 Å². The predicted molar refractivity (Wildman–Crippen MR) is 78.7 cm³/mol. The lowest BCUT2D eigenvalue weighted by Crippen LogP contribution is -2.46. The monoisotopic (exact) mass is 298 g/mol. The van der Waals surface area contributed by atoms with Crippen LogP contribution in [-0.4, -0.2) is 47.4 Å². The molecule has 120 valence electrons. The number of hydrogen-bond acceptors (Lipinski definition) is 3. The molecular formula is C15H26N2O4. The summed E-state index contributed by atoms with van der Waals surface area (Å²) in [6.45, 7) is 1.79. The largest absolute Gasteiger partial charge is 0.481 e. The van der Waals surface area contributed by atoms with Crippen molar-refractivity contribution in [2.45, 2.75) is 57.9 Å². The smallest absolute Gasteiger partial charge is 0.305 e. The standard InChI is InChI=1S/C15H26N2O4/c1-11(15(21)17(2)9-8-14(19)20)16-13(18)10-12-6-4-3-5-7-12/h11-12H,3-10H2,1-2H3,(H,16,18)(H,19,20). The van der Waals surface area contributed by atoms with Gasteiger partial charge < -0.3 is 15.3 Å². The second-order valence-corrected chi connectivity index (χ2v) is 5.90. The molecule has 0 spiro atoms. The fourth-order valence-electron chi connectivity index (χ4n) is 2.72. The second-order valence-electron chi connectivity index (χ2n) is 5.90. The average molecular weight is 298 g/mol. The van der Waals surface area contributed by atoms with Gasteiger partial charge in [-0.25, -0.2) is 0 Å². The highest BCUT2D eigenvalue weighted by Crippen LogP contribution is 2.26. The van der Waals surface area contributed by atoms with E-state index >= 15 is 0 Å². The molecule has 2 amide bonds. The highest BCUT2D eigenvalue weighted by molar-refractivity contribution is 5.87. The summed E-state index contributed by atoms with van der Waals surface area (Å²) in [4.78, 5) is 35.8. The molecule has 0 aromatic carbocycles. The fraction of sp³-hybridized carbons (Fsp3) is 0.800. The van der Waals surface area contributed by atoms with Gasteiger partial charge in [0.15, 0.2) is 0 Å². The molecule has 0 aliphatic heterocycles. The Morgan fingerprint density at radius 3 is 2.43 bits per heavy atom. The number of aliphatic carboxylic acids is 1. The quantitative estimate of drug-likeness (QED) is 0.743. The number of carbonyl (C=O) groups excluding carboxylic acids is 2. The third-order valence-corrected chi connectivity index (χ3v) is 3.98. The summed E-state index contributed by atoms with van der Waals surface area (Å²) < 4.78 is 0. The highest BCUT2D eigenvalue weighted by atomic mass is 16.4. The van der Waals surface area contributed by atoms with Crippen LogP contribution in [0.25, 0.3) is 0 Å². The molecule has 1 aliphatic carbocycles. The Bertz CT molecular complexity index is 378. The van der Waals surface area contributed by atoms with Gasteiger partial charge in [-0.05, 0) is 25.7 Å². The van der Waals surface area contributed by atoms with Crippen LogP contribution in [0.1, 0.15) is 51.9 Å². The average Bonchev–Trinajstić information content (AvgIpc) is 2.44. The zero-order chi connectivity index (χ0) is 15.8. The van der Waals surface area contributed by atoms with Crippen molar-refractivity contribution in [1.82, 2.24) is 10.2 Å². The summed E-state index contributed by atoms with van der Waals surface area (Å²) in [5.74, 6) is -0.850. The van der Waals surface area contributed by atoms with E-state index in [2.05, 4.69) is 5.32 Å². The van der Waals surface area contributed by atoms with E-state index in [0.29, 0.717) is 12.3 Å². The number of nitrogens with one attached hydrogen (secondary N) is 1. The second kappa shape index (κ2) is 8.64. The Balaban J connectivity index is 2.32. The number of likely N-dealkylation sites (N-methyl/N-ethyl adjacent to an activating group) is 1. The third-order valence-electron chi connectivity index (χ3n) is 3.98. The number of rotatable bonds is 7. The first-order chi connectivity index (χ1) is 9.90. The van der Waals surface area contributed by atoms with E-state index in [-0.39, 0.29) is 24.8 Å². The molecule has 1 aliphatic rings. The normalized spacial score (nSPS) is 17.0. The molecular weight excluding hydrogens is 272 g/mol. The molecule has 1 saturated carbocycles. The number of carboxylic acid groups (broad SMARTS) is 1. The Labute approximate surface area is 125 Å². The molecule has 1 rings (SSSR count). The van der Waals surface area contributed by atoms with Crippen molar-refractivity contribution in [3.63, 3.8) is 0 Å². The van der Waals surface area contributed by atoms with Crippen molar-refractivity contribution < 1.29 is 19.5 Å². The van der Waals surface area contributed by atoms with Gasteiger partial charge in [-0.1, -0.05) is 19.3 Å². The first kappa shape index (κ1) is 17.5. The van der Waals surface area contributed by atoms with Crippen LogP contribution in [-0.2, 0) is 14.4 Å². The maximum atomic E-state index is 12.0. The lowest BCUT2D eigenvalue weighted by molar-refractivity contribution is -0.139. The summed E-state index contributed by atoms with van der Waals surface area (Å²) in [5.41, 5.74) is 0. The molecule has 1 atom stereocenters. The number of carboxylic acids is 1. The first-order valence-corrected chi connectivity index (χ1v) is 7.66. The minimum atomic E-state index is -0.941. The lowest BCUT2D eigenvalue weighted by Gasteiger charge is -2.24. The highest BCUT2D eigenvalue weighted by Gasteiger charge is 2.22. The van der Waals surface area contributed by atoms with Crippen molar-refractivity contribution >= 4 is 17.8 Å². The summed E-state index contributed by atoms with van der Waals surface area (Å²) in [6, 6.07) is -0.611. The van der Waals surface area contributed by atoms with Crippen molar-refractivity contribution in [3.05, 3.63) is 0 Å². The lowest BCUT2D eigenvalue weighted by atomic mass is 9.87. The van der Waals surface area contributed by atoms with Gasteiger partial charge in [-0.3, -0.25) is 14.4 Å². The summed E-state index contributed by atoms with van der Waals surface area (Å²) in [7, 11) is 1.55. The molecule has 0 bridgehead atoms. The van der Waals surface area contributed by atoms with Gasteiger partial charge in [0.25, 0.3) is 0 Å². The number of nitrogens with zero attached hydrogens (tertiary/aromatic N) is 1. The Kier molecular flexibility index (Phi) is 7.19. The molecule has 0 saturated heterocycles. The molecule has 6 nitrogen and oxygen atoms in total. The minimum Gasteiger partial charge on any atom is -0.481 e. The van der Waals surface area contributed by atoms with Crippen molar-refractivity contribution in [3.8, 4) is 0 Å². The number of hydrogen-bond donors (Lipinski definition) is 2. The molecule has 1 unspecified atom stereocenters. The maximum absolute atomic E-state index is 12.0. The zero-order valence-electron chi connectivity index (χ0n) is 12.9. The van der Waals surface area contributed by atoms with E-state index in [1.165, 1.54) is 24.2 Å². The van der Waals surface area contributed by atoms with E-state index in [1.54, 1.807) is 14.0 Å². The third kappa shape index (κ3) is 6.60. The molecule has 0 aromatic heterocycles.